The van der Waals surface area contributed by atoms with Crippen molar-refractivity contribution in [2.24, 2.45) is 5.10 Å². The monoisotopic (exact) mass is 409 g/mol. The van der Waals surface area contributed by atoms with Crippen molar-refractivity contribution < 1.29 is 14.3 Å². The van der Waals surface area contributed by atoms with E-state index in [-0.39, 0.29) is 5.91 Å². The van der Waals surface area contributed by atoms with Crippen molar-refractivity contribution in [1.82, 2.24) is 10.4 Å². The van der Waals surface area contributed by atoms with Gasteiger partial charge in [0.05, 0.1) is 12.8 Å². The van der Waals surface area contributed by atoms with Gasteiger partial charge in [0.25, 0.3) is 5.91 Å². The van der Waals surface area contributed by atoms with Gasteiger partial charge in [-0.05, 0) is 48.9 Å². The highest BCUT2D eigenvalue weighted by atomic mass is 35.5. The molecule has 3 aromatic rings. The number of hydrogen-bond acceptors (Lipinski definition) is 5. The number of carbonyl (C=O) groups is 1. The van der Waals surface area contributed by atoms with E-state index in [1.165, 1.54) is 0 Å². The van der Waals surface area contributed by atoms with Gasteiger partial charge >= 0.3 is 0 Å². The summed E-state index contributed by atoms with van der Waals surface area (Å²) in [4.78, 5) is 15.9. The molecule has 1 N–H and O–H groups in total. The molecule has 0 saturated carbocycles. The van der Waals surface area contributed by atoms with Crippen LogP contribution in [-0.4, -0.2) is 23.7 Å². The quantitative estimate of drug-likeness (QED) is 0.440. The summed E-state index contributed by atoms with van der Waals surface area (Å²) in [5.74, 6) is 0.877. The van der Waals surface area contributed by atoms with Crippen LogP contribution in [0.4, 0.5) is 0 Å². The van der Waals surface area contributed by atoms with Gasteiger partial charge in [0, 0.05) is 28.5 Å². The van der Waals surface area contributed by atoms with E-state index in [2.05, 4.69) is 15.5 Å². The zero-order valence-electron chi connectivity index (χ0n) is 15.8. The van der Waals surface area contributed by atoms with Crippen molar-refractivity contribution in [2.45, 2.75) is 13.5 Å². The number of pyridine rings is 1. The lowest BCUT2D eigenvalue weighted by Crippen LogP contribution is -2.17. The maximum atomic E-state index is 12.0. The van der Waals surface area contributed by atoms with E-state index < -0.39 is 0 Å². The maximum absolute atomic E-state index is 12.0. The van der Waals surface area contributed by atoms with Crippen LogP contribution in [0.3, 0.4) is 0 Å². The molecule has 6 nitrogen and oxygen atoms in total. The first-order chi connectivity index (χ1) is 14.2. The average Bonchev–Trinajstić information content (AvgIpc) is 2.75. The number of aromatic nitrogens is 1. The summed E-state index contributed by atoms with van der Waals surface area (Å²) >= 11 is 6.18. The third kappa shape index (κ3) is 5.80. The first-order valence-electron chi connectivity index (χ1n) is 9.04. The summed E-state index contributed by atoms with van der Waals surface area (Å²) < 4.78 is 11.6. The van der Waals surface area contributed by atoms with Crippen LogP contribution in [0, 0.1) is 0 Å². The number of hydrazone groups is 1. The Morgan fingerprint density at radius 3 is 2.66 bits per heavy atom. The number of amides is 1. The Bertz CT molecular complexity index is 994. The number of hydrogen-bond donors (Lipinski definition) is 1. The highest BCUT2D eigenvalue weighted by Crippen LogP contribution is 2.29. The predicted octanol–water partition coefficient (Wildman–Crippen LogP) is 4.48. The summed E-state index contributed by atoms with van der Waals surface area (Å²) in [6.45, 7) is 2.71. The standard InChI is InChI=1S/C22H20ClN3O3/c1-2-28-21-13-16(14-25-26-22(27)17-9-11-24-12-10-17)7-8-20(21)29-15-18-5-3-4-6-19(18)23/h3-14H,2,15H2,1H3,(H,26,27)/b25-14+. The Morgan fingerprint density at radius 2 is 1.90 bits per heavy atom. The first kappa shape index (κ1) is 20.4. The molecule has 0 aliphatic rings. The van der Waals surface area contributed by atoms with Crippen LogP contribution in [0.1, 0.15) is 28.4 Å². The molecule has 1 aromatic heterocycles. The van der Waals surface area contributed by atoms with Gasteiger partial charge in [-0.15, -0.1) is 0 Å². The van der Waals surface area contributed by atoms with Crippen LogP contribution in [0.2, 0.25) is 5.02 Å². The van der Waals surface area contributed by atoms with Crippen molar-refractivity contribution in [3.63, 3.8) is 0 Å². The molecule has 0 radical (unpaired) electrons. The maximum Gasteiger partial charge on any atom is 0.271 e. The van der Waals surface area contributed by atoms with E-state index in [0.29, 0.717) is 35.3 Å². The molecule has 0 saturated heterocycles. The Morgan fingerprint density at radius 1 is 1.10 bits per heavy atom. The highest BCUT2D eigenvalue weighted by molar-refractivity contribution is 6.31. The van der Waals surface area contributed by atoms with Crippen LogP contribution in [-0.2, 0) is 6.61 Å². The van der Waals surface area contributed by atoms with Gasteiger partial charge in [0.15, 0.2) is 11.5 Å². The molecule has 3 rings (SSSR count). The molecular formula is C22H20ClN3O3. The molecule has 2 aromatic carbocycles. The van der Waals surface area contributed by atoms with Crippen molar-refractivity contribution >= 4 is 23.7 Å². The zero-order chi connectivity index (χ0) is 20.5. The number of ether oxygens (including phenoxy) is 2. The van der Waals surface area contributed by atoms with Crippen LogP contribution >= 0.6 is 11.6 Å². The number of nitrogens with zero attached hydrogens (tertiary/aromatic N) is 2. The molecule has 0 aliphatic carbocycles. The van der Waals surface area contributed by atoms with E-state index >= 15 is 0 Å². The van der Waals surface area contributed by atoms with Crippen molar-refractivity contribution in [1.29, 1.82) is 0 Å². The van der Waals surface area contributed by atoms with E-state index in [1.54, 1.807) is 42.9 Å². The van der Waals surface area contributed by atoms with Crippen molar-refractivity contribution in [3.8, 4) is 11.5 Å². The van der Waals surface area contributed by atoms with Crippen LogP contribution < -0.4 is 14.9 Å². The largest absolute Gasteiger partial charge is 0.490 e. The van der Waals surface area contributed by atoms with Crippen molar-refractivity contribution in [3.05, 3.63) is 88.7 Å². The fourth-order valence-electron chi connectivity index (χ4n) is 2.50. The summed E-state index contributed by atoms with van der Waals surface area (Å²) in [5.41, 5.74) is 4.61. The Labute approximate surface area is 174 Å². The number of nitrogens with one attached hydrogen (secondary N) is 1. The Hall–Kier alpha value is -3.38. The summed E-state index contributed by atoms with van der Waals surface area (Å²) in [7, 11) is 0. The van der Waals surface area contributed by atoms with Crippen molar-refractivity contribution in [2.75, 3.05) is 6.61 Å². The zero-order valence-corrected chi connectivity index (χ0v) is 16.6. The second-order valence-electron chi connectivity index (χ2n) is 5.95. The number of halogens is 1. The molecule has 0 spiro atoms. The van der Waals surface area contributed by atoms with Crippen LogP contribution in [0.15, 0.2) is 72.1 Å². The fraction of sp³-hybridized carbons (Fsp3) is 0.136. The molecule has 0 fully saturated rings. The predicted molar refractivity (Wildman–Crippen MR) is 113 cm³/mol. The molecular weight excluding hydrogens is 390 g/mol. The van der Waals surface area contributed by atoms with Crippen LogP contribution in [0.25, 0.3) is 0 Å². The van der Waals surface area contributed by atoms with Gasteiger partial charge in [0.1, 0.15) is 6.61 Å². The minimum absolute atomic E-state index is 0.312. The van der Waals surface area contributed by atoms with E-state index in [4.69, 9.17) is 21.1 Å². The number of carbonyl (C=O) groups excluding carboxylic acids is 1. The Balaban J connectivity index is 1.67. The van der Waals surface area contributed by atoms with E-state index in [1.807, 2.05) is 37.3 Å². The lowest BCUT2D eigenvalue weighted by Gasteiger charge is -2.13. The molecule has 148 valence electrons. The lowest BCUT2D eigenvalue weighted by atomic mass is 10.2. The van der Waals surface area contributed by atoms with Crippen LogP contribution in [0.5, 0.6) is 11.5 Å². The minimum atomic E-state index is -0.312. The van der Waals surface area contributed by atoms with Gasteiger partial charge in [-0.3, -0.25) is 9.78 Å². The smallest absolute Gasteiger partial charge is 0.271 e. The molecule has 0 atom stereocenters. The summed E-state index contributed by atoms with van der Waals surface area (Å²) in [6, 6.07) is 16.2. The number of benzene rings is 2. The normalized spacial score (nSPS) is 10.7. The molecule has 1 heterocycles. The van der Waals surface area contributed by atoms with Gasteiger partial charge in [0.2, 0.25) is 0 Å². The Kier molecular flexibility index (Phi) is 7.19. The topological polar surface area (TPSA) is 72.8 Å². The highest BCUT2D eigenvalue weighted by Gasteiger charge is 2.08. The second kappa shape index (κ2) is 10.2. The first-order valence-corrected chi connectivity index (χ1v) is 9.41. The molecule has 0 unspecified atom stereocenters. The molecule has 0 aliphatic heterocycles. The third-order valence-corrected chi connectivity index (χ3v) is 4.30. The SMILES string of the molecule is CCOc1cc(/C=N/NC(=O)c2ccncc2)ccc1OCc1ccccc1Cl. The summed E-state index contributed by atoms with van der Waals surface area (Å²) in [6.07, 6.45) is 4.64. The molecule has 0 bridgehead atoms. The van der Waals surface area contributed by atoms with Gasteiger partial charge < -0.3 is 9.47 Å². The average molecular weight is 410 g/mol. The number of rotatable bonds is 8. The van der Waals surface area contributed by atoms with Gasteiger partial charge in [-0.25, -0.2) is 5.43 Å². The molecule has 29 heavy (non-hydrogen) atoms. The van der Waals surface area contributed by atoms with E-state index in [0.717, 1.165) is 11.1 Å². The summed E-state index contributed by atoms with van der Waals surface area (Å²) in [5, 5.41) is 4.65. The van der Waals surface area contributed by atoms with Gasteiger partial charge in [-0.2, -0.15) is 5.10 Å². The van der Waals surface area contributed by atoms with E-state index in [9.17, 15) is 4.79 Å². The molecule has 1 amide bonds. The molecule has 7 heteroatoms. The fourth-order valence-corrected chi connectivity index (χ4v) is 2.69. The lowest BCUT2D eigenvalue weighted by molar-refractivity contribution is 0.0955. The van der Waals surface area contributed by atoms with Gasteiger partial charge in [-0.1, -0.05) is 29.8 Å². The second-order valence-corrected chi connectivity index (χ2v) is 6.36. The third-order valence-electron chi connectivity index (χ3n) is 3.93. The minimum Gasteiger partial charge on any atom is -0.490 e.